The Balaban J connectivity index is 1.55. The zero-order valence-corrected chi connectivity index (χ0v) is 17.5. The molecule has 0 aliphatic carbocycles. The zero-order valence-electron chi connectivity index (χ0n) is 17.5. The molecule has 2 saturated heterocycles. The van der Waals surface area contributed by atoms with Crippen molar-refractivity contribution in [3.05, 3.63) is 77.9 Å². The maximum atomic E-state index is 12.6. The van der Waals surface area contributed by atoms with Gasteiger partial charge >= 0.3 is 0 Å². The molecule has 2 atom stereocenters. The number of hydrogen-bond acceptors (Lipinski definition) is 2. The summed E-state index contributed by atoms with van der Waals surface area (Å²) in [7, 11) is 0. The van der Waals surface area contributed by atoms with E-state index >= 15 is 0 Å². The Kier molecular flexibility index (Phi) is 6.46. The summed E-state index contributed by atoms with van der Waals surface area (Å²) >= 11 is 0. The van der Waals surface area contributed by atoms with Gasteiger partial charge in [0.05, 0.1) is 0 Å². The van der Waals surface area contributed by atoms with Crippen LogP contribution >= 0.6 is 0 Å². The number of rotatable bonds is 5. The number of piperidine rings is 1. The van der Waals surface area contributed by atoms with Gasteiger partial charge in [0.15, 0.2) is 0 Å². The van der Waals surface area contributed by atoms with Gasteiger partial charge in [0.1, 0.15) is 0 Å². The van der Waals surface area contributed by atoms with E-state index in [0.717, 1.165) is 32.5 Å². The van der Waals surface area contributed by atoms with Crippen molar-refractivity contribution in [2.75, 3.05) is 19.6 Å². The van der Waals surface area contributed by atoms with Crippen LogP contribution in [0.3, 0.4) is 0 Å². The Morgan fingerprint density at radius 1 is 0.931 bits per heavy atom. The van der Waals surface area contributed by atoms with Crippen LogP contribution in [-0.2, 0) is 4.79 Å². The van der Waals surface area contributed by atoms with Gasteiger partial charge in [0.25, 0.3) is 0 Å². The van der Waals surface area contributed by atoms with Crippen molar-refractivity contribution in [3.63, 3.8) is 0 Å². The lowest BCUT2D eigenvalue weighted by molar-refractivity contribution is -0.137. The smallest absolute Gasteiger partial charge is 0.222 e. The number of benzene rings is 2. The highest BCUT2D eigenvalue weighted by Gasteiger charge is 2.36. The van der Waals surface area contributed by atoms with E-state index < -0.39 is 0 Å². The lowest BCUT2D eigenvalue weighted by Gasteiger charge is -2.40. The van der Waals surface area contributed by atoms with Crippen molar-refractivity contribution in [1.82, 2.24) is 9.80 Å². The summed E-state index contributed by atoms with van der Waals surface area (Å²) in [5, 5.41) is 0. The quantitative estimate of drug-likeness (QED) is 0.721. The second-order valence-electron chi connectivity index (χ2n) is 8.29. The lowest BCUT2D eigenvalue weighted by atomic mass is 9.94. The Morgan fingerprint density at radius 3 is 2.17 bits per heavy atom. The molecule has 2 aliphatic heterocycles. The van der Waals surface area contributed by atoms with Crippen LogP contribution in [0, 0.1) is 0 Å². The van der Waals surface area contributed by atoms with Crippen LogP contribution in [-0.4, -0.2) is 47.4 Å². The number of fused-ring (bicyclic) bond motifs is 2. The molecule has 2 aromatic rings. The molecule has 0 N–H and O–H groups in total. The van der Waals surface area contributed by atoms with Crippen molar-refractivity contribution < 1.29 is 4.79 Å². The fourth-order valence-corrected chi connectivity index (χ4v) is 4.96. The molecule has 3 heteroatoms. The molecular weight excluding hydrogens is 356 g/mol. The van der Waals surface area contributed by atoms with Gasteiger partial charge in [-0.1, -0.05) is 73.7 Å². The Morgan fingerprint density at radius 2 is 1.55 bits per heavy atom. The maximum absolute atomic E-state index is 12.6. The van der Waals surface area contributed by atoms with E-state index in [1.54, 1.807) is 0 Å². The van der Waals surface area contributed by atoms with E-state index in [2.05, 4.69) is 76.5 Å². The second kappa shape index (κ2) is 9.41. The summed E-state index contributed by atoms with van der Waals surface area (Å²) in [5.74, 6) is 0.339. The monoisotopic (exact) mass is 388 g/mol. The van der Waals surface area contributed by atoms with Crippen molar-refractivity contribution >= 4 is 11.5 Å². The third-order valence-electron chi connectivity index (χ3n) is 6.42. The highest BCUT2D eigenvalue weighted by molar-refractivity contribution is 5.80. The van der Waals surface area contributed by atoms with E-state index in [4.69, 9.17) is 0 Å². The molecule has 1 amide bonds. The minimum atomic E-state index is 0.339. The van der Waals surface area contributed by atoms with E-state index in [1.165, 1.54) is 29.5 Å². The highest BCUT2D eigenvalue weighted by Crippen LogP contribution is 2.30. The van der Waals surface area contributed by atoms with Crippen LogP contribution in [0.4, 0.5) is 0 Å². The second-order valence-corrected chi connectivity index (χ2v) is 8.29. The predicted molar refractivity (Wildman–Crippen MR) is 120 cm³/mol. The molecule has 4 rings (SSSR count). The van der Waals surface area contributed by atoms with Crippen LogP contribution in [0.1, 0.15) is 50.2 Å². The zero-order chi connectivity index (χ0) is 20.1. The van der Waals surface area contributed by atoms with Crippen molar-refractivity contribution in [2.45, 2.75) is 51.1 Å². The SMILES string of the molecule is CCC(=O)N1C2CCCC1CN(CC=C(c1ccccc1)c1ccccc1)CC2. The highest BCUT2D eigenvalue weighted by atomic mass is 16.2. The Hall–Kier alpha value is -2.39. The topological polar surface area (TPSA) is 23.6 Å². The largest absolute Gasteiger partial charge is 0.335 e. The molecule has 2 heterocycles. The number of carbonyl (C=O) groups excluding carboxylic acids is 1. The fourth-order valence-electron chi connectivity index (χ4n) is 4.96. The standard InChI is InChI=1S/C26H32N2O/c1-2-26(29)28-23-14-9-15-24(28)20-27(18-16-23)19-17-25(21-10-5-3-6-11-21)22-12-7-4-8-13-22/h3-8,10-13,17,23-24H,2,9,14-16,18-20H2,1H3. The Labute approximate surface area is 175 Å². The van der Waals surface area contributed by atoms with Crippen LogP contribution in [0.5, 0.6) is 0 Å². The van der Waals surface area contributed by atoms with Gasteiger partial charge in [-0.2, -0.15) is 0 Å². The van der Waals surface area contributed by atoms with E-state index in [9.17, 15) is 4.79 Å². The molecule has 0 saturated carbocycles. The van der Waals surface area contributed by atoms with Gasteiger partial charge in [-0.05, 0) is 42.4 Å². The molecule has 2 aliphatic rings. The molecule has 2 bridgehead atoms. The summed E-state index contributed by atoms with van der Waals surface area (Å²) in [6, 6.07) is 22.2. The first kappa shape index (κ1) is 19.9. The maximum Gasteiger partial charge on any atom is 0.222 e. The average Bonchev–Trinajstić information content (AvgIpc) is 2.88. The third kappa shape index (κ3) is 4.62. The van der Waals surface area contributed by atoms with Gasteiger partial charge in [-0.3, -0.25) is 9.69 Å². The number of hydrogen-bond donors (Lipinski definition) is 0. The summed E-state index contributed by atoms with van der Waals surface area (Å²) in [4.78, 5) is 17.4. The molecule has 2 aromatic carbocycles. The van der Waals surface area contributed by atoms with Crippen LogP contribution < -0.4 is 0 Å². The molecule has 2 unspecified atom stereocenters. The van der Waals surface area contributed by atoms with Crippen LogP contribution in [0.15, 0.2) is 66.7 Å². The summed E-state index contributed by atoms with van der Waals surface area (Å²) in [5.41, 5.74) is 3.81. The van der Waals surface area contributed by atoms with Gasteiger partial charge in [0.2, 0.25) is 5.91 Å². The number of nitrogens with zero attached hydrogens (tertiary/aromatic N) is 2. The van der Waals surface area contributed by atoms with Crippen LogP contribution in [0.2, 0.25) is 0 Å². The molecule has 0 radical (unpaired) electrons. The predicted octanol–water partition coefficient (Wildman–Crippen LogP) is 4.98. The molecule has 29 heavy (non-hydrogen) atoms. The van der Waals surface area contributed by atoms with E-state index in [-0.39, 0.29) is 0 Å². The molecule has 0 spiro atoms. The van der Waals surface area contributed by atoms with E-state index in [1.807, 2.05) is 6.92 Å². The first-order valence-corrected chi connectivity index (χ1v) is 11.1. The lowest BCUT2D eigenvalue weighted by Crippen LogP contribution is -2.51. The molecule has 3 nitrogen and oxygen atoms in total. The minimum Gasteiger partial charge on any atom is -0.335 e. The molecule has 2 fully saturated rings. The fraction of sp³-hybridized carbons (Fsp3) is 0.423. The first-order valence-electron chi connectivity index (χ1n) is 11.1. The van der Waals surface area contributed by atoms with Gasteiger partial charge in [0, 0.05) is 38.1 Å². The number of carbonyl (C=O) groups is 1. The van der Waals surface area contributed by atoms with Gasteiger partial charge < -0.3 is 4.90 Å². The Bertz CT molecular complexity index is 789. The summed E-state index contributed by atoms with van der Waals surface area (Å²) in [6.45, 7) is 4.99. The number of amides is 1. The van der Waals surface area contributed by atoms with Crippen molar-refractivity contribution in [2.24, 2.45) is 0 Å². The third-order valence-corrected chi connectivity index (χ3v) is 6.42. The van der Waals surface area contributed by atoms with Crippen molar-refractivity contribution in [1.29, 1.82) is 0 Å². The summed E-state index contributed by atoms with van der Waals surface area (Å²) < 4.78 is 0. The summed E-state index contributed by atoms with van der Waals surface area (Å²) in [6.07, 6.45) is 7.68. The molecule has 0 aromatic heterocycles. The normalized spacial score (nSPS) is 22.0. The first-order chi connectivity index (χ1) is 14.3. The van der Waals surface area contributed by atoms with Crippen molar-refractivity contribution in [3.8, 4) is 0 Å². The van der Waals surface area contributed by atoms with Gasteiger partial charge in [-0.25, -0.2) is 0 Å². The van der Waals surface area contributed by atoms with E-state index in [0.29, 0.717) is 24.4 Å². The van der Waals surface area contributed by atoms with Crippen LogP contribution in [0.25, 0.3) is 5.57 Å². The average molecular weight is 389 g/mol. The molecule has 152 valence electrons. The minimum absolute atomic E-state index is 0.339. The van der Waals surface area contributed by atoms with Gasteiger partial charge in [-0.15, -0.1) is 0 Å². The molecular formula is C26H32N2O.